The highest BCUT2D eigenvalue weighted by Crippen LogP contribution is 2.37. The average molecular weight is 281 g/mol. The van der Waals surface area contributed by atoms with Crippen molar-refractivity contribution in [2.45, 2.75) is 25.3 Å². The highest BCUT2D eigenvalue weighted by Gasteiger charge is 2.33. The van der Waals surface area contributed by atoms with Crippen LogP contribution in [0.5, 0.6) is 0 Å². The van der Waals surface area contributed by atoms with Gasteiger partial charge in [-0.25, -0.2) is 0 Å². The van der Waals surface area contributed by atoms with Gasteiger partial charge in [-0.3, -0.25) is 4.79 Å². The van der Waals surface area contributed by atoms with Crippen LogP contribution in [0.2, 0.25) is 0 Å². The first-order chi connectivity index (χ1) is 7.75. The maximum absolute atomic E-state index is 11.9. The zero-order valence-corrected chi connectivity index (χ0v) is 10.5. The number of carbonyl (C=O) groups excluding carboxylic acids is 1. The van der Waals surface area contributed by atoms with Crippen molar-refractivity contribution < 1.29 is 4.79 Å². The summed E-state index contributed by atoms with van der Waals surface area (Å²) in [7, 11) is 0. The number of nitrogens with one attached hydrogen (secondary N) is 1. The Labute approximate surface area is 103 Å². The van der Waals surface area contributed by atoms with Crippen molar-refractivity contribution in [2.24, 2.45) is 0 Å². The number of amides is 1. The molecule has 0 saturated heterocycles. The highest BCUT2D eigenvalue weighted by atomic mass is 79.9. The van der Waals surface area contributed by atoms with E-state index in [0.717, 1.165) is 28.7 Å². The Bertz CT molecular complexity index is 443. The van der Waals surface area contributed by atoms with E-state index in [-0.39, 0.29) is 5.91 Å². The van der Waals surface area contributed by atoms with Crippen LogP contribution in [0.25, 0.3) is 0 Å². The van der Waals surface area contributed by atoms with E-state index in [0.29, 0.717) is 12.6 Å². The van der Waals surface area contributed by atoms with E-state index in [1.54, 1.807) is 0 Å². The van der Waals surface area contributed by atoms with Crippen LogP contribution in [-0.4, -0.2) is 18.5 Å². The predicted octanol–water partition coefficient (Wildman–Crippen LogP) is 2.76. The molecule has 1 saturated carbocycles. The fourth-order valence-corrected chi connectivity index (χ4v) is 2.66. The van der Waals surface area contributed by atoms with Gasteiger partial charge in [0.1, 0.15) is 0 Å². The van der Waals surface area contributed by atoms with E-state index >= 15 is 0 Å². The van der Waals surface area contributed by atoms with Crippen LogP contribution in [0.3, 0.4) is 0 Å². The average Bonchev–Trinajstić information content (AvgIpc) is 2.19. The summed E-state index contributed by atoms with van der Waals surface area (Å²) in [6.45, 7) is 0.417. The molecule has 1 N–H and O–H groups in total. The fraction of sp³-hybridized carbons (Fsp3) is 0.417. The first-order valence-corrected chi connectivity index (χ1v) is 6.40. The molecular formula is C12H13BrN2O. The van der Waals surface area contributed by atoms with Crippen LogP contribution in [0.1, 0.15) is 19.3 Å². The maximum Gasteiger partial charge on any atom is 0.246 e. The van der Waals surface area contributed by atoms with Crippen LogP contribution in [0.15, 0.2) is 22.7 Å². The lowest BCUT2D eigenvalue weighted by Crippen LogP contribution is -2.49. The molecule has 0 unspecified atom stereocenters. The number of rotatable bonds is 1. The van der Waals surface area contributed by atoms with Crippen LogP contribution >= 0.6 is 15.9 Å². The second-order valence-corrected chi connectivity index (χ2v) is 5.28. The largest absolute Gasteiger partial charge is 0.374 e. The fourth-order valence-electron chi connectivity index (χ4n) is 2.30. The summed E-state index contributed by atoms with van der Waals surface area (Å²) >= 11 is 3.45. The third-order valence-corrected chi connectivity index (χ3v) is 3.85. The van der Waals surface area contributed by atoms with Crippen molar-refractivity contribution in [1.82, 2.24) is 0 Å². The number of benzene rings is 1. The number of fused-ring (bicyclic) bond motifs is 1. The molecular weight excluding hydrogens is 268 g/mol. The molecule has 1 heterocycles. The molecule has 1 aromatic carbocycles. The molecule has 84 valence electrons. The summed E-state index contributed by atoms with van der Waals surface area (Å²) in [5.74, 6) is 0.194. The number of carbonyl (C=O) groups is 1. The molecule has 0 bridgehead atoms. The molecule has 2 aliphatic rings. The minimum atomic E-state index is 0.194. The lowest BCUT2D eigenvalue weighted by atomic mass is 9.90. The molecule has 16 heavy (non-hydrogen) atoms. The molecule has 0 radical (unpaired) electrons. The van der Waals surface area contributed by atoms with E-state index in [4.69, 9.17) is 0 Å². The molecule has 1 aliphatic heterocycles. The second kappa shape index (κ2) is 3.77. The second-order valence-electron chi connectivity index (χ2n) is 4.36. The quantitative estimate of drug-likeness (QED) is 0.858. The molecule has 3 nitrogen and oxygen atoms in total. The monoisotopic (exact) mass is 280 g/mol. The van der Waals surface area contributed by atoms with E-state index in [1.807, 2.05) is 23.1 Å². The summed E-state index contributed by atoms with van der Waals surface area (Å²) in [4.78, 5) is 13.9. The van der Waals surface area contributed by atoms with Gasteiger partial charge in [0.05, 0.1) is 17.9 Å². The SMILES string of the molecule is O=C1CNc2cc(Br)ccc2N1C1CCC1. The molecule has 1 aromatic rings. The van der Waals surface area contributed by atoms with Crippen molar-refractivity contribution in [1.29, 1.82) is 0 Å². The maximum atomic E-state index is 11.9. The molecule has 0 aromatic heterocycles. The van der Waals surface area contributed by atoms with Crippen LogP contribution in [0.4, 0.5) is 11.4 Å². The molecule has 4 heteroatoms. The van der Waals surface area contributed by atoms with Crippen LogP contribution in [-0.2, 0) is 4.79 Å². The van der Waals surface area contributed by atoms with Gasteiger partial charge in [-0.2, -0.15) is 0 Å². The Morgan fingerprint density at radius 2 is 2.19 bits per heavy atom. The van der Waals surface area contributed by atoms with Gasteiger partial charge >= 0.3 is 0 Å². The van der Waals surface area contributed by atoms with Crippen LogP contribution < -0.4 is 10.2 Å². The summed E-state index contributed by atoms with van der Waals surface area (Å²) < 4.78 is 1.04. The normalized spacial score (nSPS) is 20.1. The van der Waals surface area contributed by atoms with Gasteiger partial charge in [0.25, 0.3) is 0 Å². The summed E-state index contributed by atoms with van der Waals surface area (Å²) in [6.07, 6.45) is 3.52. The Balaban J connectivity index is 2.02. The van der Waals surface area contributed by atoms with Crippen molar-refractivity contribution >= 4 is 33.2 Å². The molecule has 1 amide bonds. The lowest BCUT2D eigenvalue weighted by molar-refractivity contribution is -0.118. The first kappa shape index (κ1) is 10.1. The van der Waals surface area contributed by atoms with Crippen molar-refractivity contribution in [2.75, 3.05) is 16.8 Å². The third-order valence-electron chi connectivity index (χ3n) is 3.36. The predicted molar refractivity (Wildman–Crippen MR) is 67.8 cm³/mol. The Morgan fingerprint density at radius 3 is 2.88 bits per heavy atom. The van der Waals surface area contributed by atoms with Gasteiger partial charge < -0.3 is 10.2 Å². The lowest BCUT2D eigenvalue weighted by Gasteiger charge is -2.41. The van der Waals surface area contributed by atoms with Gasteiger partial charge in [0, 0.05) is 10.5 Å². The van der Waals surface area contributed by atoms with Crippen molar-refractivity contribution in [3.8, 4) is 0 Å². The van der Waals surface area contributed by atoms with Gasteiger partial charge in [-0.1, -0.05) is 15.9 Å². The standard InChI is InChI=1S/C12H13BrN2O/c13-8-4-5-11-10(6-8)14-7-12(16)15(11)9-2-1-3-9/h4-6,9,14H,1-3,7H2. The summed E-state index contributed by atoms with van der Waals surface area (Å²) in [5, 5.41) is 3.17. The number of nitrogens with zero attached hydrogens (tertiary/aromatic N) is 1. The Hall–Kier alpha value is -1.03. The third kappa shape index (κ3) is 1.52. The van der Waals surface area contributed by atoms with E-state index in [1.165, 1.54) is 6.42 Å². The number of hydrogen-bond acceptors (Lipinski definition) is 2. The minimum absolute atomic E-state index is 0.194. The van der Waals surface area contributed by atoms with Gasteiger partial charge in [-0.15, -0.1) is 0 Å². The van der Waals surface area contributed by atoms with E-state index < -0.39 is 0 Å². The Morgan fingerprint density at radius 1 is 1.38 bits per heavy atom. The smallest absolute Gasteiger partial charge is 0.246 e. The number of halogens is 1. The molecule has 1 aliphatic carbocycles. The first-order valence-electron chi connectivity index (χ1n) is 5.61. The Kier molecular flexibility index (Phi) is 2.39. The van der Waals surface area contributed by atoms with Gasteiger partial charge in [0.15, 0.2) is 0 Å². The van der Waals surface area contributed by atoms with Crippen LogP contribution in [0, 0.1) is 0 Å². The van der Waals surface area contributed by atoms with Crippen molar-refractivity contribution in [3.05, 3.63) is 22.7 Å². The topological polar surface area (TPSA) is 32.3 Å². The molecule has 3 rings (SSSR count). The van der Waals surface area contributed by atoms with E-state index in [2.05, 4.69) is 21.2 Å². The summed E-state index contributed by atoms with van der Waals surface area (Å²) in [5.41, 5.74) is 2.09. The zero-order chi connectivity index (χ0) is 11.1. The number of anilines is 2. The molecule has 0 atom stereocenters. The van der Waals surface area contributed by atoms with Gasteiger partial charge in [0.2, 0.25) is 5.91 Å². The zero-order valence-electron chi connectivity index (χ0n) is 8.87. The number of hydrogen-bond donors (Lipinski definition) is 1. The van der Waals surface area contributed by atoms with Crippen molar-refractivity contribution in [3.63, 3.8) is 0 Å². The summed E-state index contributed by atoms with van der Waals surface area (Å²) in [6, 6.07) is 6.47. The molecule has 0 spiro atoms. The molecule has 1 fully saturated rings. The highest BCUT2D eigenvalue weighted by molar-refractivity contribution is 9.10. The van der Waals surface area contributed by atoms with E-state index in [9.17, 15) is 4.79 Å². The van der Waals surface area contributed by atoms with Gasteiger partial charge in [-0.05, 0) is 37.5 Å². The minimum Gasteiger partial charge on any atom is -0.374 e.